The van der Waals surface area contributed by atoms with Gasteiger partial charge < -0.3 is 15.4 Å². The molecule has 1 aromatic heterocycles. The fourth-order valence-corrected chi connectivity index (χ4v) is 2.75. The molecule has 2 N–H and O–H groups in total. The van der Waals surface area contributed by atoms with E-state index in [1.54, 1.807) is 43.6 Å². The summed E-state index contributed by atoms with van der Waals surface area (Å²) in [4.78, 5) is 16.4. The van der Waals surface area contributed by atoms with Crippen molar-refractivity contribution in [2.45, 2.75) is 13.0 Å². The number of carbonyl (C=O) groups is 1. The second-order valence-corrected chi connectivity index (χ2v) is 6.23. The SMILES string of the molecule is COc1cccc(CCNc2ccnc(C(=O)NCc3ccccc3F)c2)c1. The summed E-state index contributed by atoms with van der Waals surface area (Å²) in [5, 5.41) is 5.98. The van der Waals surface area contributed by atoms with Gasteiger partial charge in [-0.25, -0.2) is 4.39 Å². The zero-order valence-electron chi connectivity index (χ0n) is 15.6. The Morgan fingerprint density at radius 1 is 1.11 bits per heavy atom. The average molecular weight is 379 g/mol. The number of methoxy groups -OCH3 is 1. The lowest BCUT2D eigenvalue weighted by atomic mass is 10.1. The van der Waals surface area contributed by atoms with Crippen LogP contribution in [0, 0.1) is 5.82 Å². The Balaban J connectivity index is 1.54. The molecule has 0 aliphatic rings. The minimum Gasteiger partial charge on any atom is -0.497 e. The Morgan fingerprint density at radius 2 is 1.96 bits per heavy atom. The summed E-state index contributed by atoms with van der Waals surface area (Å²) in [6, 6.07) is 17.7. The first-order chi connectivity index (χ1) is 13.7. The number of hydrogen-bond acceptors (Lipinski definition) is 4. The molecule has 3 rings (SSSR count). The zero-order chi connectivity index (χ0) is 19.8. The fraction of sp³-hybridized carbons (Fsp3) is 0.182. The highest BCUT2D eigenvalue weighted by Gasteiger charge is 2.09. The van der Waals surface area contributed by atoms with Crippen molar-refractivity contribution >= 4 is 11.6 Å². The van der Waals surface area contributed by atoms with Crippen molar-refractivity contribution in [1.82, 2.24) is 10.3 Å². The highest BCUT2D eigenvalue weighted by atomic mass is 19.1. The number of ether oxygens (including phenoxy) is 1. The molecule has 1 amide bonds. The van der Waals surface area contributed by atoms with Crippen molar-refractivity contribution in [3.63, 3.8) is 0 Å². The van der Waals surface area contributed by atoms with Crippen LogP contribution in [-0.2, 0) is 13.0 Å². The number of nitrogens with zero attached hydrogens (tertiary/aromatic N) is 1. The molecule has 0 fully saturated rings. The molecular formula is C22H22FN3O2. The molecule has 5 nitrogen and oxygen atoms in total. The molecule has 0 aliphatic heterocycles. The molecule has 3 aromatic rings. The molecule has 0 spiro atoms. The van der Waals surface area contributed by atoms with E-state index in [4.69, 9.17) is 4.74 Å². The van der Waals surface area contributed by atoms with Gasteiger partial charge in [-0.1, -0.05) is 30.3 Å². The predicted molar refractivity (Wildman–Crippen MR) is 107 cm³/mol. The van der Waals surface area contributed by atoms with Gasteiger partial charge in [-0.3, -0.25) is 9.78 Å². The maximum atomic E-state index is 13.6. The van der Waals surface area contributed by atoms with E-state index in [0.717, 1.165) is 23.4 Å². The van der Waals surface area contributed by atoms with E-state index in [1.807, 2.05) is 24.3 Å². The molecule has 1 heterocycles. The summed E-state index contributed by atoms with van der Waals surface area (Å²) in [6.45, 7) is 0.814. The minimum atomic E-state index is -0.348. The van der Waals surface area contributed by atoms with Gasteiger partial charge in [0.1, 0.15) is 17.3 Å². The average Bonchev–Trinajstić information content (AvgIpc) is 2.73. The zero-order valence-corrected chi connectivity index (χ0v) is 15.6. The summed E-state index contributed by atoms with van der Waals surface area (Å²) < 4.78 is 18.9. The largest absolute Gasteiger partial charge is 0.497 e. The molecule has 0 aliphatic carbocycles. The van der Waals surface area contributed by atoms with E-state index in [-0.39, 0.29) is 24.0 Å². The summed E-state index contributed by atoms with van der Waals surface area (Å²) in [6.07, 6.45) is 2.39. The van der Waals surface area contributed by atoms with E-state index in [2.05, 4.69) is 15.6 Å². The number of halogens is 1. The second kappa shape index (κ2) is 9.50. The van der Waals surface area contributed by atoms with Crippen LogP contribution in [0.3, 0.4) is 0 Å². The van der Waals surface area contributed by atoms with Crippen LogP contribution in [0.1, 0.15) is 21.6 Å². The molecule has 6 heteroatoms. The fourth-order valence-electron chi connectivity index (χ4n) is 2.75. The van der Waals surface area contributed by atoms with Crippen LogP contribution < -0.4 is 15.4 Å². The highest BCUT2D eigenvalue weighted by Crippen LogP contribution is 2.14. The predicted octanol–water partition coefficient (Wildman–Crippen LogP) is 3.81. The molecule has 0 atom stereocenters. The summed E-state index contributed by atoms with van der Waals surface area (Å²) in [7, 11) is 1.65. The van der Waals surface area contributed by atoms with E-state index < -0.39 is 0 Å². The molecular weight excluding hydrogens is 357 g/mol. The van der Waals surface area contributed by atoms with Gasteiger partial charge in [-0.2, -0.15) is 0 Å². The second-order valence-electron chi connectivity index (χ2n) is 6.23. The molecule has 0 bridgehead atoms. The number of carbonyl (C=O) groups excluding carboxylic acids is 1. The van der Waals surface area contributed by atoms with Gasteiger partial charge in [-0.15, -0.1) is 0 Å². The molecule has 0 radical (unpaired) electrons. The maximum absolute atomic E-state index is 13.6. The number of anilines is 1. The summed E-state index contributed by atoms with van der Waals surface area (Å²) >= 11 is 0. The van der Waals surface area contributed by atoms with Crippen molar-refractivity contribution in [2.75, 3.05) is 19.0 Å². The Morgan fingerprint density at radius 3 is 2.79 bits per heavy atom. The van der Waals surface area contributed by atoms with Crippen LogP contribution in [-0.4, -0.2) is 24.5 Å². The van der Waals surface area contributed by atoms with Gasteiger partial charge in [-0.05, 0) is 42.3 Å². The standard InChI is InChI=1S/C22H22FN3O2/c1-28-19-7-4-5-16(13-19)9-11-24-18-10-12-25-21(14-18)22(27)26-15-17-6-2-3-8-20(17)23/h2-8,10,12-14H,9,11,15H2,1H3,(H,24,25)(H,26,27). The van der Waals surface area contributed by atoms with Crippen LogP contribution in [0.25, 0.3) is 0 Å². The van der Waals surface area contributed by atoms with E-state index in [0.29, 0.717) is 12.1 Å². The first kappa shape index (κ1) is 19.4. The number of amides is 1. The molecule has 0 saturated heterocycles. The van der Waals surface area contributed by atoms with Gasteiger partial charge in [0.15, 0.2) is 0 Å². The molecule has 28 heavy (non-hydrogen) atoms. The van der Waals surface area contributed by atoms with Gasteiger partial charge >= 0.3 is 0 Å². The van der Waals surface area contributed by atoms with Gasteiger partial charge in [0, 0.05) is 30.5 Å². The topological polar surface area (TPSA) is 63.2 Å². The van der Waals surface area contributed by atoms with Crippen molar-refractivity contribution in [3.05, 3.63) is 89.5 Å². The van der Waals surface area contributed by atoms with E-state index in [9.17, 15) is 9.18 Å². The van der Waals surface area contributed by atoms with Gasteiger partial charge in [0.25, 0.3) is 5.91 Å². The first-order valence-corrected chi connectivity index (χ1v) is 9.00. The van der Waals surface area contributed by atoms with Crippen LogP contribution in [0.5, 0.6) is 5.75 Å². The smallest absolute Gasteiger partial charge is 0.270 e. The number of benzene rings is 2. The summed E-state index contributed by atoms with van der Waals surface area (Å²) in [5.74, 6) is 0.138. The lowest BCUT2D eigenvalue weighted by molar-refractivity contribution is 0.0945. The monoisotopic (exact) mass is 379 g/mol. The third-order valence-corrected chi connectivity index (χ3v) is 4.27. The lowest BCUT2D eigenvalue weighted by Gasteiger charge is -2.09. The normalized spacial score (nSPS) is 10.4. The summed E-state index contributed by atoms with van der Waals surface area (Å²) in [5.41, 5.74) is 2.67. The highest BCUT2D eigenvalue weighted by molar-refractivity contribution is 5.93. The molecule has 0 unspecified atom stereocenters. The quantitative estimate of drug-likeness (QED) is 0.625. The van der Waals surface area contributed by atoms with Crippen LogP contribution in [0.2, 0.25) is 0 Å². The molecule has 0 saturated carbocycles. The van der Waals surface area contributed by atoms with Crippen molar-refractivity contribution in [2.24, 2.45) is 0 Å². The number of rotatable bonds is 8. The Kier molecular flexibility index (Phi) is 6.57. The number of hydrogen-bond donors (Lipinski definition) is 2. The Labute approximate surface area is 163 Å². The van der Waals surface area contributed by atoms with Crippen molar-refractivity contribution < 1.29 is 13.9 Å². The third-order valence-electron chi connectivity index (χ3n) is 4.27. The van der Waals surface area contributed by atoms with E-state index >= 15 is 0 Å². The third kappa shape index (κ3) is 5.30. The van der Waals surface area contributed by atoms with Crippen molar-refractivity contribution in [3.8, 4) is 5.75 Å². The Bertz CT molecular complexity index is 946. The number of aromatic nitrogens is 1. The molecule has 144 valence electrons. The lowest BCUT2D eigenvalue weighted by Crippen LogP contribution is -2.24. The van der Waals surface area contributed by atoms with E-state index in [1.165, 1.54) is 6.07 Å². The first-order valence-electron chi connectivity index (χ1n) is 9.00. The minimum absolute atomic E-state index is 0.112. The van der Waals surface area contributed by atoms with Crippen molar-refractivity contribution in [1.29, 1.82) is 0 Å². The number of pyridine rings is 1. The number of nitrogens with one attached hydrogen (secondary N) is 2. The molecule has 2 aromatic carbocycles. The van der Waals surface area contributed by atoms with Gasteiger partial charge in [0.05, 0.1) is 7.11 Å². The van der Waals surface area contributed by atoms with Crippen LogP contribution >= 0.6 is 0 Å². The Hall–Kier alpha value is -3.41. The maximum Gasteiger partial charge on any atom is 0.270 e. The van der Waals surface area contributed by atoms with Crippen LogP contribution in [0.4, 0.5) is 10.1 Å². The van der Waals surface area contributed by atoms with Crippen LogP contribution in [0.15, 0.2) is 66.9 Å². The van der Waals surface area contributed by atoms with Gasteiger partial charge in [0.2, 0.25) is 0 Å².